The summed E-state index contributed by atoms with van der Waals surface area (Å²) < 4.78 is 20.7. The Labute approximate surface area is 171 Å². The Morgan fingerprint density at radius 3 is 2.55 bits per heavy atom. The molecule has 0 saturated carbocycles. The van der Waals surface area contributed by atoms with Crippen LogP contribution >= 0.6 is 0 Å². The first kappa shape index (κ1) is 19.2. The molecular formula is C24H29FN2O2. The Hall–Kier alpha value is -1.79. The minimum Gasteiger partial charge on any atom is -0.395 e. The molecule has 154 valence electrons. The second-order valence-corrected chi connectivity index (χ2v) is 8.61. The molecule has 2 aromatic rings. The first-order valence-corrected chi connectivity index (χ1v) is 10.8. The summed E-state index contributed by atoms with van der Waals surface area (Å²) in [5.74, 6) is 0.107. The summed E-state index contributed by atoms with van der Waals surface area (Å²) in [4.78, 5) is 4.79. The second kappa shape index (κ2) is 8.15. The standard InChI is InChI=1S/C24H29FN2O2/c25-19-6-5-18-13-17-3-1-2-4-21(17)23-15-20(29-24(23)22(18)14-19)16-27-9-7-26(8-10-27)11-12-28/h1-6,14,20,23-24,28H,7-13,15-16H2/t20-,23-,24+/m1/s1. The molecule has 0 spiro atoms. The van der Waals surface area contributed by atoms with E-state index in [1.165, 1.54) is 16.7 Å². The van der Waals surface area contributed by atoms with Crippen LogP contribution in [-0.4, -0.2) is 66.9 Å². The number of hydrogen-bond acceptors (Lipinski definition) is 4. The van der Waals surface area contributed by atoms with Crippen LogP contribution < -0.4 is 0 Å². The molecule has 0 aromatic heterocycles. The minimum atomic E-state index is -0.180. The summed E-state index contributed by atoms with van der Waals surface area (Å²) in [6, 6.07) is 13.8. The number of hydrogen-bond donors (Lipinski definition) is 1. The van der Waals surface area contributed by atoms with Gasteiger partial charge in [0.05, 0.1) is 18.8 Å². The average molecular weight is 397 g/mol. The number of piperazine rings is 1. The van der Waals surface area contributed by atoms with Crippen molar-refractivity contribution in [1.82, 2.24) is 9.80 Å². The Kier molecular flexibility index (Phi) is 5.39. The molecule has 1 aliphatic carbocycles. The van der Waals surface area contributed by atoms with E-state index >= 15 is 0 Å². The maximum Gasteiger partial charge on any atom is 0.123 e. The number of rotatable bonds is 4. The van der Waals surface area contributed by atoms with Crippen molar-refractivity contribution >= 4 is 0 Å². The normalized spacial score (nSPS) is 27.2. The molecule has 2 aromatic carbocycles. The van der Waals surface area contributed by atoms with Gasteiger partial charge in [0.25, 0.3) is 0 Å². The Morgan fingerprint density at radius 1 is 0.966 bits per heavy atom. The fraction of sp³-hybridized carbons (Fsp3) is 0.500. The van der Waals surface area contributed by atoms with Gasteiger partial charge in [0, 0.05) is 45.2 Å². The van der Waals surface area contributed by atoms with Gasteiger partial charge in [-0.15, -0.1) is 0 Å². The highest BCUT2D eigenvalue weighted by molar-refractivity contribution is 5.45. The van der Waals surface area contributed by atoms with Gasteiger partial charge < -0.3 is 9.84 Å². The van der Waals surface area contributed by atoms with E-state index in [1.54, 1.807) is 12.1 Å². The molecule has 5 rings (SSSR count). The molecule has 3 atom stereocenters. The number of halogens is 1. The van der Waals surface area contributed by atoms with E-state index in [1.807, 2.05) is 6.07 Å². The number of β-amino-alcohol motifs (C(OH)–C–C–N with tert-alkyl or cyclic N) is 1. The summed E-state index contributed by atoms with van der Waals surface area (Å²) in [5, 5.41) is 9.13. The van der Waals surface area contributed by atoms with Crippen LogP contribution in [0, 0.1) is 5.82 Å². The van der Waals surface area contributed by atoms with Crippen molar-refractivity contribution in [3.8, 4) is 0 Å². The van der Waals surface area contributed by atoms with Crippen LogP contribution in [0.2, 0.25) is 0 Å². The van der Waals surface area contributed by atoms with E-state index in [-0.39, 0.29) is 30.5 Å². The first-order valence-electron chi connectivity index (χ1n) is 10.8. The summed E-state index contributed by atoms with van der Waals surface area (Å²) >= 11 is 0. The van der Waals surface area contributed by atoms with Crippen LogP contribution in [-0.2, 0) is 11.2 Å². The van der Waals surface area contributed by atoms with Crippen molar-refractivity contribution in [2.75, 3.05) is 45.9 Å². The monoisotopic (exact) mass is 396 g/mol. The number of aliphatic hydroxyl groups excluding tert-OH is 1. The maximum atomic E-state index is 14.1. The molecule has 0 unspecified atom stereocenters. The van der Waals surface area contributed by atoms with Gasteiger partial charge in [-0.1, -0.05) is 30.3 Å². The lowest BCUT2D eigenvalue weighted by Crippen LogP contribution is -2.49. The van der Waals surface area contributed by atoms with Gasteiger partial charge in [-0.2, -0.15) is 0 Å². The summed E-state index contributed by atoms with van der Waals surface area (Å²) in [7, 11) is 0. The average Bonchev–Trinajstić information content (AvgIpc) is 3.10. The molecule has 0 bridgehead atoms. The highest BCUT2D eigenvalue weighted by atomic mass is 19.1. The fourth-order valence-corrected chi connectivity index (χ4v) is 5.34. The van der Waals surface area contributed by atoms with Crippen LogP contribution in [0.4, 0.5) is 4.39 Å². The fourth-order valence-electron chi connectivity index (χ4n) is 5.34. The SMILES string of the molecule is OCCN1CCN(C[C@H]2C[C@@H]3c4ccccc4Cc4ccc(F)cc4[C@@H]3O2)CC1. The van der Waals surface area contributed by atoms with Crippen LogP contribution in [0.1, 0.15) is 40.7 Å². The third-order valence-electron chi connectivity index (χ3n) is 6.81. The molecule has 2 fully saturated rings. The largest absolute Gasteiger partial charge is 0.395 e. The predicted octanol–water partition coefficient (Wildman–Crippen LogP) is 2.95. The lowest BCUT2D eigenvalue weighted by atomic mass is 9.87. The van der Waals surface area contributed by atoms with Gasteiger partial charge >= 0.3 is 0 Å². The van der Waals surface area contributed by atoms with Crippen molar-refractivity contribution in [3.05, 3.63) is 70.5 Å². The highest BCUT2D eigenvalue weighted by Crippen LogP contribution is 2.49. The van der Waals surface area contributed by atoms with Gasteiger partial charge in [0.2, 0.25) is 0 Å². The number of aliphatic hydroxyl groups is 1. The zero-order valence-electron chi connectivity index (χ0n) is 16.8. The van der Waals surface area contributed by atoms with E-state index in [0.717, 1.165) is 57.7 Å². The zero-order chi connectivity index (χ0) is 19.8. The molecule has 2 aliphatic heterocycles. The molecule has 1 N–H and O–H groups in total. The maximum absolute atomic E-state index is 14.1. The Balaban J connectivity index is 1.36. The number of nitrogens with zero attached hydrogens (tertiary/aromatic N) is 2. The topological polar surface area (TPSA) is 35.9 Å². The van der Waals surface area contributed by atoms with Crippen molar-refractivity contribution in [1.29, 1.82) is 0 Å². The van der Waals surface area contributed by atoms with Crippen molar-refractivity contribution in [3.63, 3.8) is 0 Å². The van der Waals surface area contributed by atoms with E-state index < -0.39 is 0 Å². The zero-order valence-corrected chi connectivity index (χ0v) is 16.8. The molecular weight excluding hydrogens is 367 g/mol. The lowest BCUT2D eigenvalue weighted by Gasteiger charge is -2.35. The van der Waals surface area contributed by atoms with Crippen molar-refractivity contribution < 1.29 is 14.2 Å². The summed E-state index contributed by atoms with van der Waals surface area (Å²) in [6.07, 6.45) is 1.93. The van der Waals surface area contributed by atoms with Crippen LogP contribution in [0.15, 0.2) is 42.5 Å². The molecule has 0 radical (unpaired) electrons. The van der Waals surface area contributed by atoms with Crippen molar-refractivity contribution in [2.24, 2.45) is 0 Å². The lowest BCUT2D eigenvalue weighted by molar-refractivity contribution is 0.00787. The number of fused-ring (bicyclic) bond motifs is 5. The molecule has 5 heteroatoms. The van der Waals surface area contributed by atoms with Crippen LogP contribution in [0.3, 0.4) is 0 Å². The van der Waals surface area contributed by atoms with Gasteiger partial charge in [-0.05, 0) is 47.2 Å². The van der Waals surface area contributed by atoms with Gasteiger partial charge in [0.1, 0.15) is 5.82 Å². The third kappa shape index (κ3) is 3.84. The van der Waals surface area contributed by atoms with Crippen LogP contribution in [0.5, 0.6) is 0 Å². The summed E-state index contributed by atoms with van der Waals surface area (Å²) in [6.45, 7) is 5.93. The van der Waals surface area contributed by atoms with Crippen LogP contribution in [0.25, 0.3) is 0 Å². The summed E-state index contributed by atoms with van der Waals surface area (Å²) in [5.41, 5.74) is 4.92. The third-order valence-corrected chi connectivity index (χ3v) is 6.81. The predicted molar refractivity (Wildman–Crippen MR) is 111 cm³/mol. The molecule has 2 saturated heterocycles. The second-order valence-electron chi connectivity index (χ2n) is 8.61. The molecule has 3 aliphatic rings. The van der Waals surface area contributed by atoms with E-state index in [2.05, 4.69) is 34.1 Å². The number of ether oxygens (including phenoxy) is 1. The quantitative estimate of drug-likeness (QED) is 0.862. The Bertz CT molecular complexity index is 866. The van der Waals surface area contributed by atoms with Crippen molar-refractivity contribution in [2.45, 2.75) is 31.0 Å². The highest BCUT2D eigenvalue weighted by Gasteiger charge is 2.41. The minimum absolute atomic E-state index is 0.0648. The number of benzene rings is 2. The molecule has 29 heavy (non-hydrogen) atoms. The van der Waals surface area contributed by atoms with E-state index in [0.29, 0.717) is 0 Å². The smallest absolute Gasteiger partial charge is 0.123 e. The van der Waals surface area contributed by atoms with Gasteiger partial charge in [0.15, 0.2) is 0 Å². The molecule has 2 heterocycles. The van der Waals surface area contributed by atoms with Gasteiger partial charge in [-0.25, -0.2) is 4.39 Å². The molecule has 0 amide bonds. The van der Waals surface area contributed by atoms with E-state index in [9.17, 15) is 4.39 Å². The Morgan fingerprint density at radius 2 is 1.72 bits per heavy atom. The first-order chi connectivity index (χ1) is 14.2. The molecule has 4 nitrogen and oxygen atoms in total. The van der Waals surface area contributed by atoms with E-state index in [4.69, 9.17) is 9.84 Å². The van der Waals surface area contributed by atoms with Gasteiger partial charge in [-0.3, -0.25) is 9.80 Å².